The van der Waals surface area contributed by atoms with E-state index in [1.807, 2.05) is 13.0 Å². The molecule has 2 N–H and O–H groups in total. The van der Waals surface area contributed by atoms with Gasteiger partial charge in [-0.25, -0.2) is 4.39 Å². The van der Waals surface area contributed by atoms with Gasteiger partial charge in [0, 0.05) is 32.2 Å². The van der Waals surface area contributed by atoms with Crippen LogP contribution in [0.25, 0.3) is 0 Å². The summed E-state index contributed by atoms with van der Waals surface area (Å²) in [4.78, 5) is 2.24. The molecule has 0 spiro atoms. The van der Waals surface area contributed by atoms with E-state index in [1.165, 1.54) is 11.6 Å². The van der Waals surface area contributed by atoms with Crippen LogP contribution in [-0.4, -0.2) is 55.0 Å². The maximum atomic E-state index is 13.6. The second-order valence-corrected chi connectivity index (χ2v) is 7.05. The third kappa shape index (κ3) is 4.51. The lowest BCUT2D eigenvalue weighted by molar-refractivity contribution is -0.0230. The Morgan fingerprint density at radius 3 is 2.96 bits per heavy atom. The van der Waals surface area contributed by atoms with Crippen LogP contribution in [0, 0.1) is 5.82 Å². The van der Waals surface area contributed by atoms with Gasteiger partial charge in [0.05, 0.1) is 18.8 Å². The smallest absolute Gasteiger partial charge is 0.123 e. The van der Waals surface area contributed by atoms with Crippen LogP contribution in [-0.2, 0) is 11.2 Å². The van der Waals surface area contributed by atoms with E-state index in [-0.39, 0.29) is 11.9 Å². The van der Waals surface area contributed by atoms with Crippen LogP contribution in [0.1, 0.15) is 36.9 Å². The predicted octanol–water partition coefficient (Wildman–Crippen LogP) is 1.88. The van der Waals surface area contributed by atoms with E-state index < -0.39 is 5.60 Å². The van der Waals surface area contributed by atoms with Crippen molar-refractivity contribution >= 4 is 0 Å². The highest BCUT2D eigenvalue weighted by atomic mass is 19.1. The van der Waals surface area contributed by atoms with Gasteiger partial charge >= 0.3 is 0 Å². The van der Waals surface area contributed by atoms with Gasteiger partial charge in [0.15, 0.2) is 0 Å². The summed E-state index contributed by atoms with van der Waals surface area (Å²) in [7, 11) is 0. The minimum absolute atomic E-state index is 0.130. The molecule has 1 aromatic rings. The lowest BCUT2D eigenvalue weighted by atomic mass is 9.87. The molecule has 0 amide bonds. The van der Waals surface area contributed by atoms with Crippen molar-refractivity contribution in [1.82, 2.24) is 10.2 Å². The van der Waals surface area contributed by atoms with Crippen molar-refractivity contribution in [2.45, 2.75) is 37.8 Å². The first kappa shape index (κ1) is 16.8. The van der Waals surface area contributed by atoms with Gasteiger partial charge in [0.25, 0.3) is 0 Å². The topological polar surface area (TPSA) is 44.7 Å². The largest absolute Gasteiger partial charge is 0.388 e. The summed E-state index contributed by atoms with van der Waals surface area (Å²) in [5.41, 5.74) is 1.48. The van der Waals surface area contributed by atoms with Crippen LogP contribution in [0.15, 0.2) is 18.2 Å². The second kappa shape index (κ2) is 7.26. The standard InChI is InChI=1S/C18H27FN2O2/c1-18(22,13-21-7-9-23-10-8-21)12-20-17-4-2-3-14-5-6-15(19)11-16(14)17/h5-6,11,17,20,22H,2-4,7-10,12-13H2,1H3/t17-,18-/m1/s1. The number of β-amino-alcohol motifs (C(OH)–C–C–N with tert-alkyl or cyclic N) is 1. The number of halogens is 1. The van der Waals surface area contributed by atoms with E-state index in [4.69, 9.17) is 4.74 Å². The van der Waals surface area contributed by atoms with E-state index in [2.05, 4.69) is 10.2 Å². The van der Waals surface area contributed by atoms with Gasteiger partial charge in [-0.15, -0.1) is 0 Å². The van der Waals surface area contributed by atoms with Crippen molar-refractivity contribution in [2.75, 3.05) is 39.4 Å². The number of nitrogens with zero attached hydrogens (tertiary/aromatic N) is 1. The molecule has 2 aliphatic rings. The van der Waals surface area contributed by atoms with Crippen LogP contribution in [0.3, 0.4) is 0 Å². The number of hydrogen-bond donors (Lipinski definition) is 2. The zero-order chi connectivity index (χ0) is 16.3. The van der Waals surface area contributed by atoms with Crippen molar-refractivity contribution in [1.29, 1.82) is 0 Å². The number of fused-ring (bicyclic) bond motifs is 1. The first-order valence-corrected chi connectivity index (χ1v) is 8.58. The van der Waals surface area contributed by atoms with Crippen molar-refractivity contribution < 1.29 is 14.2 Å². The summed E-state index contributed by atoms with van der Waals surface area (Å²) in [6, 6.07) is 5.20. The lowest BCUT2D eigenvalue weighted by Gasteiger charge is -2.35. The van der Waals surface area contributed by atoms with Crippen LogP contribution in [0.2, 0.25) is 0 Å². The molecule has 0 saturated carbocycles. The second-order valence-electron chi connectivity index (χ2n) is 7.05. The Morgan fingerprint density at radius 2 is 2.17 bits per heavy atom. The molecule has 1 heterocycles. The molecule has 128 valence electrons. The van der Waals surface area contributed by atoms with Gasteiger partial charge in [-0.1, -0.05) is 6.07 Å². The number of nitrogens with one attached hydrogen (secondary N) is 1. The minimum atomic E-state index is -0.803. The van der Waals surface area contributed by atoms with Crippen molar-refractivity contribution in [3.8, 4) is 0 Å². The van der Waals surface area contributed by atoms with Gasteiger partial charge < -0.3 is 15.2 Å². The number of ether oxygens (including phenoxy) is 1. The average Bonchev–Trinajstić information content (AvgIpc) is 2.53. The van der Waals surface area contributed by atoms with Gasteiger partial charge in [-0.2, -0.15) is 0 Å². The first-order valence-electron chi connectivity index (χ1n) is 8.58. The van der Waals surface area contributed by atoms with Gasteiger partial charge in [0.1, 0.15) is 5.82 Å². The fourth-order valence-electron chi connectivity index (χ4n) is 3.62. The molecule has 1 aliphatic heterocycles. The van der Waals surface area contributed by atoms with Crippen LogP contribution in [0.5, 0.6) is 0 Å². The molecular weight excluding hydrogens is 295 g/mol. The number of rotatable bonds is 5. The molecule has 5 heteroatoms. The molecule has 1 aliphatic carbocycles. The van der Waals surface area contributed by atoms with Crippen molar-refractivity contribution in [3.05, 3.63) is 35.1 Å². The SMILES string of the molecule is C[C@@](O)(CN[C@@H]1CCCc2ccc(F)cc21)CN1CCOCC1. The summed E-state index contributed by atoms with van der Waals surface area (Å²) in [5, 5.41) is 14.1. The lowest BCUT2D eigenvalue weighted by Crippen LogP contribution is -2.51. The summed E-state index contributed by atoms with van der Waals surface area (Å²) < 4.78 is 18.9. The van der Waals surface area contributed by atoms with Crippen molar-refractivity contribution in [3.63, 3.8) is 0 Å². The molecular formula is C18H27FN2O2. The molecule has 0 radical (unpaired) electrons. The van der Waals surface area contributed by atoms with E-state index in [9.17, 15) is 9.50 Å². The molecule has 0 aromatic heterocycles. The Labute approximate surface area is 137 Å². The molecule has 4 nitrogen and oxygen atoms in total. The predicted molar refractivity (Wildman–Crippen MR) is 88.0 cm³/mol. The summed E-state index contributed by atoms with van der Waals surface area (Å²) in [6.45, 7) is 6.21. The molecule has 23 heavy (non-hydrogen) atoms. The fourth-order valence-corrected chi connectivity index (χ4v) is 3.62. The average molecular weight is 322 g/mol. The van der Waals surface area contributed by atoms with Gasteiger partial charge in [-0.3, -0.25) is 4.90 Å². The number of morpholine rings is 1. The number of aryl methyl sites for hydroxylation is 1. The molecule has 1 saturated heterocycles. The Morgan fingerprint density at radius 1 is 1.39 bits per heavy atom. The quantitative estimate of drug-likeness (QED) is 0.869. The summed E-state index contributed by atoms with van der Waals surface area (Å²) in [5.74, 6) is -0.183. The highest BCUT2D eigenvalue weighted by Gasteiger charge is 2.28. The van der Waals surface area contributed by atoms with E-state index in [1.54, 1.807) is 6.07 Å². The summed E-state index contributed by atoms with van der Waals surface area (Å²) >= 11 is 0. The number of hydrogen-bond acceptors (Lipinski definition) is 4. The highest BCUT2D eigenvalue weighted by molar-refractivity contribution is 5.32. The van der Waals surface area contributed by atoms with E-state index in [0.717, 1.165) is 51.1 Å². The summed E-state index contributed by atoms with van der Waals surface area (Å²) in [6.07, 6.45) is 3.10. The molecule has 1 fully saturated rings. The Hall–Kier alpha value is -1.01. The van der Waals surface area contributed by atoms with Crippen molar-refractivity contribution in [2.24, 2.45) is 0 Å². The Kier molecular flexibility index (Phi) is 5.31. The highest BCUT2D eigenvalue weighted by Crippen LogP contribution is 2.30. The van der Waals surface area contributed by atoms with Crippen LogP contribution in [0.4, 0.5) is 4.39 Å². The number of benzene rings is 1. The monoisotopic (exact) mass is 322 g/mol. The maximum absolute atomic E-state index is 13.6. The number of aliphatic hydroxyl groups is 1. The molecule has 2 atom stereocenters. The molecule has 1 aromatic carbocycles. The normalized spacial score (nSPS) is 24.9. The molecule has 0 unspecified atom stereocenters. The van der Waals surface area contributed by atoms with E-state index in [0.29, 0.717) is 13.1 Å². The zero-order valence-electron chi connectivity index (χ0n) is 13.9. The van der Waals surface area contributed by atoms with E-state index >= 15 is 0 Å². The third-order valence-corrected chi connectivity index (χ3v) is 4.82. The maximum Gasteiger partial charge on any atom is 0.123 e. The Balaban J connectivity index is 1.58. The van der Waals surface area contributed by atoms with Gasteiger partial charge in [-0.05, 0) is 49.4 Å². The van der Waals surface area contributed by atoms with Gasteiger partial charge in [0.2, 0.25) is 0 Å². The fraction of sp³-hybridized carbons (Fsp3) is 0.667. The van der Waals surface area contributed by atoms with Crippen LogP contribution >= 0.6 is 0 Å². The zero-order valence-corrected chi connectivity index (χ0v) is 13.9. The minimum Gasteiger partial charge on any atom is -0.388 e. The molecule has 3 rings (SSSR count). The first-order chi connectivity index (χ1) is 11.0. The molecule has 0 bridgehead atoms. The third-order valence-electron chi connectivity index (χ3n) is 4.82. The Bertz CT molecular complexity index is 530. The van der Waals surface area contributed by atoms with Crippen LogP contribution < -0.4 is 5.32 Å².